The van der Waals surface area contributed by atoms with Crippen LogP contribution in [0.15, 0.2) is 48.7 Å². The fourth-order valence-corrected chi connectivity index (χ4v) is 1.56. The van der Waals surface area contributed by atoms with Crippen molar-refractivity contribution in [3.05, 3.63) is 65.5 Å². The molecule has 18 heavy (non-hydrogen) atoms. The third-order valence-corrected chi connectivity index (χ3v) is 2.64. The van der Waals surface area contributed by atoms with Gasteiger partial charge in [0, 0.05) is 11.9 Å². The summed E-state index contributed by atoms with van der Waals surface area (Å²) in [7, 11) is 0. The van der Waals surface area contributed by atoms with Gasteiger partial charge in [-0.15, -0.1) is 0 Å². The van der Waals surface area contributed by atoms with E-state index in [0.717, 1.165) is 17.7 Å². The van der Waals surface area contributed by atoms with E-state index in [0.29, 0.717) is 5.56 Å². The highest BCUT2D eigenvalue weighted by molar-refractivity contribution is 5.88. The summed E-state index contributed by atoms with van der Waals surface area (Å²) in [6.45, 7) is 2.31. The molecule has 1 aromatic heterocycles. The van der Waals surface area contributed by atoms with Crippen molar-refractivity contribution >= 4 is 5.97 Å². The van der Waals surface area contributed by atoms with Crippen molar-refractivity contribution in [2.75, 3.05) is 0 Å². The Hall–Kier alpha value is -2.16. The summed E-state index contributed by atoms with van der Waals surface area (Å²) in [6.07, 6.45) is 2.42. The molecule has 0 atom stereocenters. The highest BCUT2D eigenvalue weighted by atomic mass is 16.5. The number of carbonyl (C=O) groups is 1. The SMILES string of the molecule is CCc1ccc(C(=O)OCc2ccccc2)cn1. The first-order valence-electron chi connectivity index (χ1n) is 5.95. The van der Waals surface area contributed by atoms with Crippen LogP contribution in [-0.2, 0) is 17.8 Å². The molecule has 1 aromatic carbocycles. The van der Waals surface area contributed by atoms with Gasteiger partial charge in [-0.3, -0.25) is 4.98 Å². The fourth-order valence-electron chi connectivity index (χ4n) is 1.56. The van der Waals surface area contributed by atoms with Crippen molar-refractivity contribution in [2.45, 2.75) is 20.0 Å². The number of benzene rings is 1. The maximum Gasteiger partial charge on any atom is 0.340 e. The largest absolute Gasteiger partial charge is 0.457 e. The molecule has 0 N–H and O–H groups in total. The number of nitrogens with zero attached hydrogens (tertiary/aromatic N) is 1. The number of rotatable bonds is 4. The molecule has 2 aromatic rings. The predicted molar refractivity (Wildman–Crippen MR) is 69.2 cm³/mol. The number of carbonyl (C=O) groups excluding carboxylic acids is 1. The first kappa shape index (κ1) is 12.3. The summed E-state index contributed by atoms with van der Waals surface area (Å²) in [5.74, 6) is -0.339. The van der Waals surface area contributed by atoms with E-state index >= 15 is 0 Å². The minimum Gasteiger partial charge on any atom is -0.457 e. The molecular formula is C15H15NO2. The minimum absolute atomic E-state index is 0.287. The Balaban J connectivity index is 1.95. The van der Waals surface area contributed by atoms with E-state index in [4.69, 9.17) is 4.74 Å². The van der Waals surface area contributed by atoms with Crippen molar-refractivity contribution in [1.29, 1.82) is 0 Å². The van der Waals surface area contributed by atoms with Crippen LogP contribution in [0.25, 0.3) is 0 Å². The lowest BCUT2D eigenvalue weighted by atomic mass is 10.2. The van der Waals surface area contributed by atoms with Crippen molar-refractivity contribution in [2.24, 2.45) is 0 Å². The fraction of sp³-hybridized carbons (Fsp3) is 0.200. The second-order valence-electron chi connectivity index (χ2n) is 3.95. The number of pyridine rings is 1. The maximum absolute atomic E-state index is 11.8. The smallest absolute Gasteiger partial charge is 0.340 e. The molecule has 0 saturated carbocycles. The maximum atomic E-state index is 11.8. The highest BCUT2D eigenvalue weighted by Gasteiger charge is 2.07. The van der Waals surface area contributed by atoms with Crippen molar-refractivity contribution in [1.82, 2.24) is 4.98 Å². The molecular weight excluding hydrogens is 226 g/mol. The summed E-state index contributed by atoms with van der Waals surface area (Å²) in [5.41, 5.74) is 2.43. The Bertz CT molecular complexity index is 506. The summed E-state index contributed by atoms with van der Waals surface area (Å²) < 4.78 is 5.21. The molecule has 2 rings (SSSR count). The molecule has 0 amide bonds. The summed E-state index contributed by atoms with van der Waals surface area (Å²) in [6, 6.07) is 13.2. The zero-order chi connectivity index (χ0) is 12.8. The third-order valence-electron chi connectivity index (χ3n) is 2.64. The number of hydrogen-bond acceptors (Lipinski definition) is 3. The zero-order valence-electron chi connectivity index (χ0n) is 10.3. The number of esters is 1. The summed E-state index contributed by atoms with van der Waals surface area (Å²) in [4.78, 5) is 15.9. The number of aromatic nitrogens is 1. The van der Waals surface area contributed by atoms with Crippen molar-refractivity contribution < 1.29 is 9.53 Å². The van der Waals surface area contributed by atoms with Gasteiger partial charge in [0.15, 0.2) is 0 Å². The Kier molecular flexibility index (Phi) is 4.07. The van der Waals surface area contributed by atoms with Crippen LogP contribution in [0.2, 0.25) is 0 Å². The van der Waals surface area contributed by atoms with Crippen LogP contribution in [0.1, 0.15) is 28.5 Å². The van der Waals surface area contributed by atoms with E-state index in [9.17, 15) is 4.79 Å². The Morgan fingerprint density at radius 2 is 1.94 bits per heavy atom. The van der Waals surface area contributed by atoms with Gasteiger partial charge in [0.1, 0.15) is 6.61 Å². The van der Waals surface area contributed by atoms with Gasteiger partial charge in [-0.2, -0.15) is 0 Å². The molecule has 0 aliphatic rings. The molecule has 92 valence electrons. The van der Waals surface area contributed by atoms with Crippen LogP contribution in [-0.4, -0.2) is 11.0 Å². The topological polar surface area (TPSA) is 39.2 Å². The summed E-state index contributed by atoms with van der Waals surface area (Å²) in [5, 5.41) is 0. The lowest BCUT2D eigenvalue weighted by Crippen LogP contribution is -2.06. The van der Waals surface area contributed by atoms with Gasteiger partial charge in [0.05, 0.1) is 5.56 Å². The molecule has 1 heterocycles. The van der Waals surface area contributed by atoms with Crippen LogP contribution in [0.5, 0.6) is 0 Å². The van der Waals surface area contributed by atoms with Gasteiger partial charge >= 0.3 is 5.97 Å². The minimum atomic E-state index is -0.339. The van der Waals surface area contributed by atoms with E-state index in [-0.39, 0.29) is 12.6 Å². The van der Waals surface area contributed by atoms with Gasteiger partial charge in [-0.05, 0) is 24.1 Å². The number of hydrogen-bond donors (Lipinski definition) is 0. The van der Waals surface area contributed by atoms with Crippen LogP contribution in [0, 0.1) is 0 Å². The molecule has 0 radical (unpaired) electrons. The molecule has 0 saturated heterocycles. The van der Waals surface area contributed by atoms with Crippen LogP contribution in [0.4, 0.5) is 0 Å². The number of ether oxygens (including phenoxy) is 1. The molecule has 3 nitrogen and oxygen atoms in total. The van der Waals surface area contributed by atoms with Crippen LogP contribution in [0.3, 0.4) is 0 Å². The first-order chi connectivity index (χ1) is 8.79. The molecule has 3 heteroatoms. The first-order valence-corrected chi connectivity index (χ1v) is 5.95. The van der Waals surface area contributed by atoms with Crippen LogP contribution < -0.4 is 0 Å². The standard InChI is InChI=1S/C15H15NO2/c1-2-14-9-8-13(10-16-14)15(17)18-11-12-6-4-3-5-7-12/h3-10H,2,11H2,1H3. The zero-order valence-corrected chi connectivity index (χ0v) is 10.3. The van der Waals surface area contributed by atoms with E-state index in [2.05, 4.69) is 4.98 Å². The lowest BCUT2D eigenvalue weighted by Gasteiger charge is -2.05. The van der Waals surface area contributed by atoms with Crippen LogP contribution >= 0.6 is 0 Å². The normalized spacial score (nSPS) is 10.1. The molecule has 0 unspecified atom stereocenters. The average Bonchev–Trinajstić information content (AvgIpc) is 2.46. The molecule has 0 aliphatic heterocycles. The van der Waals surface area contributed by atoms with Gasteiger partial charge in [0.25, 0.3) is 0 Å². The monoisotopic (exact) mass is 241 g/mol. The molecule has 0 bridgehead atoms. The van der Waals surface area contributed by atoms with Gasteiger partial charge in [-0.25, -0.2) is 4.79 Å². The van der Waals surface area contributed by atoms with E-state index in [1.165, 1.54) is 0 Å². The lowest BCUT2D eigenvalue weighted by molar-refractivity contribution is 0.0472. The van der Waals surface area contributed by atoms with Gasteiger partial charge in [0.2, 0.25) is 0 Å². The van der Waals surface area contributed by atoms with E-state index in [1.54, 1.807) is 12.3 Å². The average molecular weight is 241 g/mol. The highest BCUT2D eigenvalue weighted by Crippen LogP contribution is 2.06. The molecule has 0 aliphatic carbocycles. The van der Waals surface area contributed by atoms with Crippen molar-refractivity contribution in [3.8, 4) is 0 Å². The Morgan fingerprint density at radius 3 is 2.56 bits per heavy atom. The van der Waals surface area contributed by atoms with Gasteiger partial charge in [-0.1, -0.05) is 37.3 Å². The summed E-state index contributed by atoms with van der Waals surface area (Å²) >= 11 is 0. The van der Waals surface area contributed by atoms with Gasteiger partial charge < -0.3 is 4.74 Å². The second kappa shape index (κ2) is 5.96. The Morgan fingerprint density at radius 1 is 1.17 bits per heavy atom. The predicted octanol–water partition coefficient (Wildman–Crippen LogP) is 3.00. The molecule has 0 fully saturated rings. The third kappa shape index (κ3) is 3.17. The second-order valence-corrected chi connectivity index (χ2v) is 3.95. The molecule has 0 spiro atoms. The van der Waals surface area contributed by atoms with Crippen molar-refractivity contribution in [3.63, 3.8) is 0 Å². The van der Waals surface area contributed by atoms with E-state index < -0.39 is 0 Å². The number of aryl methyl sites for hydroxylation is 1. The Labute approximate surface area is 106 Å². The van der Waals surface area contributed by atoms with E-state index in [1.807, 2.05) is 43.3 Å². The quantitative estimate of drug-likeness (QED) is 0.772.